The topological polar surface area (TPSA) is 88.5 Å². The van der Waals surface area contributed by atoms with Gasteiger partial charge in [-0.15, -0.1) is 0 Å². The van der Waals surface area contributed by atoms with E-state index in [0.717, 1.165) is 17.7 Å². The lowest BCUT2D eigenvalue weighted by molar-refractivity contribution is -0.115. The minimum Gasteiger partial charge on any atom is -0.374 e. The molecule has 2 N–H and O–H groups in total. The van der Waals surface area contributed by atoms with Crippen LogP contribution in [-0.2, 0) is 22.5 Å². The van der Waals surface area contributed by atoms with E-state index < -0.39 is 0 Å². The van der Waals surface area contributed by atoms with Crippen LogP contribution in [0.4, 0.5) is 16.2 Å². The maximum Gasteiger partial charge on any atom is 0.321 e. The van der Waals surface area contributed by atoms with Gasteiger partial charge < -0.3 is 20.3 Å². The number of urea groups is 1. The summed E-state index contributed by atoms with van der Waals surface area (Å²) in [7, 11) is 0. The predicted octanol–water partition coefficient (Wildman–Crippen LogP) is 1.70. The van der Waals surface area contributed by atoms with Gasteiger partial charge in [0.2, 0.25) is 5.91 Å². The van der Waals surface area contributed by atoms with Gasteiger partial charge in [0, 0.05) is 36.9 Å². The van der Waals surface area contributed by atoms with Gasteiger partial charge in [-0.3, -0.25) is 9.48 Å². The van der Waals surface area contributed by atoms with E-state index in [9.17, 15) is 9.59 Å². The van der Waals surface area contributed by atoms with Gasteiger partial charge in [0.1, 0.15) is 0 Å². The molecule has 0 aliphatic carbocycles. The zero-order chi connectivity index (χ0) is 17.9. The fraction of sp³-hybridized carbons (Fsp3) is 0.389. The van der Waals surface area contributed by atoms with E-state index in [4.69, 9.17) is 4.74 Å². The second-order valence-electron chi connectivity index (χ2n) is 6.55. The first-order valence-electron chi connectivity index (χ1n) is 8.75. The minimum atomic E-state index is -0.154. The van der Waals surface area contributed by atoms with Crippen LogP contribution in [-0.4, -0.2) is 52.4 Å². The molecule has 3 amide bonds. The maximum absolute atomic E-state index is 12.7. The summed E-state index contributed by atoms with van der Waals surface area (Å²) in [6.07, 6.45) is 4.67. The third-order valence-corrected chi connectivity index (χ3v) is 4.57. The van der Waals surface area contributed by atoms with Crippen LogP contribution < -0.4 is 10.6 Å². The Morgan fingerprint density at radius 1 is 1.42 bits per heavy atom. The fourth-order valence-electron chi connectivity index (χ4n) is 3.32. The normalized spacial score (nSPS) is 19.6. The van der Waals surface area contributed by atoms with E-state index in [0.29, 0.717) is 38.3 Å². The molecule has 4 rings (SSSR count). The van der Waals surface area contributed by atoms with Crippen LogP contribution >= 0.6 is 0 Å². The molecule has 136 valence electrons. The summed E-state index contributed by atoms with van der Waals surface area (Å²) in [5.41, 5.74) is 2.41. The number of fused-ring (bicyclic) bond motifs is 1. The molecular weight excluding hydrogens is 334 g/mol. The van der Waals surface area contributed by atoms with E-state index in [1.165, 1.54) is 0 Å². The van der Waals surface area contributed by atoms with Crippen molar-refractivity contribution in [3.05, 3.63) is 42.2 Å². The maximum atomic E-state index is 12.7. The predicted molar refractivity (Wildman–Crippen MR) is 96.0 cm³/mol. The molecule has 1 atom stereocenters. The lowest BCUT2D eigenvalue weighted by Crippen LogP contribution is -2.41. The standard InChI is InChI=1S/C18H21N5O3/c24-17-10-13-9-14(3-4-16(13)21-17)20-18(25)22-6-2-8-26-15(11-22)12-23-7-1-5-19-23/h1,3-5,7,9,15H,2,6,8,10-12H2,(H,20,25)(H,21,24)/t15-/m1/s1. The van der Waals surface area contributed by atoms with E-state index in [1.54, 1.807) is 17.2 Å². The van der Waals surface area contributed by atoms with Crippen LogP contribution in [0.1, 0.15) is 12.0 Å². The van der Waals surface area contributed by atoms with Gasteiger partial charge in [-0.05, 0) is 36.2 Å². The first-order chi connectivity index (χ1) is 12.7. The monoisotopic (exact) mass is 355 g/mol. The Hall–Kier alpha value is -2.87. The molecule has 2 aliphatic heterocycles. The van der Waals surface area contributed by atoms with Gasteiger partial charge in [0.15, 0.2) is 0 Å². The number of aromatic nitrogens is 2. The number of benzene rings is 1. The Morgan fingerprint density at radius 3 is 3.19 bits per heavy atom. The van der Waals surface area contributed by atoms with Crippen molar-refractivity contribution < 1.29 is 14.3 Å². The molecule has 1 fully saturated rings. The molecule has 2 aromatic rings. The molecule has 2 aliphatic rings. The first-order valence-corrected chi connectivity index (χ1v) is 8.75. The Labute approximate surface area is 151 Å². The van der Waals surface area contributed by atoms with Gasteiger partial charge in [-0.1, -0.05) is 0 Å². The lowest BCUT2D eigenvalue weighted by atomic mass is 10.1. The Morgan fingerprint density at radius 2 is 2.35 bits per heavy atom. The Bertz CT molecular complexity index is 805. The number of nitrogens with zero attached hydrogens (tertiary/aromatic N) is 3. The number of hydrogen-bond acceptors (Lipinski definition) is 4. The molecule has 26 heavy (non-hydrogen) atoms. The van der Waals surface area contributed by atoms with E-state index in [1.807, 2.05) is 29.1 Å². The first kappa shape index (κ1) is 16.6. The van der Waals surface area contributed by atoms with Crippen LogP contribution in [0.15, 0.2) is 36.7 Å². The molecule has 8 heteroatoms. The molecule has 0 bridgehead atoms. The average Bonchev–Trinajstić information content (AvgIpc) is 3.18. The summed E-state index contributed by atoms with van der Waals surface area (Å²) in [5, 5.41) is 9.92. The number of carbonyl (C=O) groups excluding carboxylic acids is 2. The van der Waals surface area contributed by atoms with Gasteiger partial charge in [0.25, 0.3) is 0 Å². The highest BCUT2D eigenvalue weighted by Crippen LogP contribution is 2.26. The number of hydrogen-bond donors (Lipinski definition) is 2. The second kappa shape index (κ2) is 7.17. The Kier molecular flexibility index (Phi) is 4.57. The quantitative estimate of drug-likeness (QED) is 0.877. The summed E-state index contributed by atoms with van der Waals surface area (Å²) < 4.78 is 7.67. The lowest BCUT2D eigenvalue weighted by Gasteiger charge is -2.24. The molecule has 0 unspecified atom stereocenters. The third-order valence-electron chi connectivity index (χ3n) is 4.57. The average molecular weight is 355 g/mol. The minimum absolute atomic E-state index is 0.0189. The van der Waals surface area contributed by atoms with Gasteiger partial charge in [0.05, 0.1) is 25.6 Å². The highest BCUT2D eigenvalue weighted by molar-refractivity contribution is 6.00. The summed E-state index contributed by atoms with van der Waals surface area (Å²) >= 11 is 0. The van der Waals surface area contributed by atoms with E-state index >= 15 is 0 Å². The van der Waals surface area contributed by atoms with Crippen molar-refractivity contribution in [3.8, 4) is 0 Å². The number of ether oxygens (including phenoxy) is 1. The number of anilines is 2. The number of amides is 3. The van der Waals surface area contributed by atoms with Crippen LogP contribution in [0, 0.1) is 0 Å². The summed E-state index contributed by atoms with van der Waals surface area (Å²) in [5.74, 6) is -0.0189. The second-order valence-corrected chi connectivity index (χ2v) is 6.55. The molecule has 0 spiro atoms. The summed E-state index contributed by atoms with van der Waals surface area (Å²) in [4.78, 5) is 25.9. The van der Waals surface area contributed by atoms with E-state index in [-0.39, 0.29) is 18.0 Å². The zero-order valence-corrected chi connectivity index (χ0v) is 14.4. The van der Waals surface area contributed by atoms with Crippen LogP contribution in [0.5, 0.6) is 0 Å². The van der Waals surface area contributed by atoms with Crippen LogP contribution in [0.2, 0.25) is 0 Å². The molecular formula is C18H21N5O3. The number of nitrogens with one attached hydrogen (secondary N) is 2. The van der Waals surface area contributed by atoms with Crippen molar-refractivity contribution in [2.24, 2.45) is 0 Å². The summed E-state index contributed by atoms with van der Waals surface area (Å²) in [6, 6.07) is 7.19. The molecule has 1 saturated heterocycles. The van der Waals surface area contributed by atoms with Gasteiger partial charge in [-0.2, -0.15) is 5.10 Å². The van der Waals surface area contributed by atoms with Crippen molar-refractivity contribution in [2.45, 2.75) is 25.5 Å². The molecule has 0 saturated carbocycles. The van der Waals surface area contributed by atoms with Crippen LogP contribution in [0.3, 0.4) is 0 Å². The van der Waals surface area contributed by atoms with Crippen molar-refractivity contribution in [1.29, 1.82) is 0 Å². The van der Waals surface area contributed by atoms with Crippen LogP contribution in [0.25, 0.3) is 0 Å². The van der Waals surface area contributed by atoms with Gasteiger partial charge >= 0.3 is 6.03 Å². The highest BCUT2D eigenvalue weighted by Gasteiger charge is 2.24. The highest BCUT2D eigenvalue weighted by atomic mass is 16.5. The van der Waals surface area contributed by atoms with E-state index in [2.05, 4.69) is 15.7 Å². The van der Waals surface area contributed by atoms with Crippen molar-refractivity contribution in [1.82, 2.24) is 14.7 Å². The number of carbonyl (C=O) groups is 2. The van der Waals surface area contributed by atoms with Gasteiger partial charge in [-0.25, -0.2) is 4.79 Å². The van der Waals surface area contributed by atoms with Crippen molar-refractivity contribution in [3.63, 3.8) is 0 Å². The molecule has 0 radical (unpaired) electrons. The van der Waals surface area contributed by atoms with Crippen molar-refractivity contribution >= 4 is 23.3 Å². The molecule has 1 aromatic carbocycles. The fourth-order valence-corrected chi connectivity index (χ4v) is 3.32. The smallest absolute Gasteiger partial charge is 0.321 e. The Balaban J connectivity index is 1.40. The number of rotatable bonds is 3. The third kappa shape index (κ3) is 3.70. The summed E-state index contributed by atoms with van der Waals surface area (Å²) in [6.45, 7) is 2.40. The largest absolute Gasteiger partial charge is 0.374 e. The van der Waals surface area contributed by atoms with Crippen molar-refractivity contribution in [2.75, 3.05) is 30.3 Å². The molecule has 8 nitrogen and oxygen atoms in total. The molecule has 3 heterocycles. The molecule has 1 aromatic heterocycles. The zero-order valence-electron chi connectivity index (χ0n) is 14.4. The SMILES string of the molecule is O=C1Cc2cc(NC(=O)N3CCCO[C@@H](Cn4cccn4)C3)ccc2N1.